The Morgan fingerprint density at radius 1 is 1.07 bits per heavy atom. The normalized spacial score (nSPS) is 15.8. The lowest BCUT2D eigenvalue weighted by Gasteiger charge is -2.39. The van der Waals surface area contributed by atoms with Gasteiger partial charge >= 0.3 is 0 Å². The molecule has 0 bridgehead atoms. The van der Waals surface area contributed by atoms with Crippen LogP contribution in [0.2, 0.25) is 0 Å². The zero-order chi connectivity index (χ0) is 20.5. The van der Waals surface area contributed by atoms with Gasteiger partial charge in [-0.15, -0.1) is 0 Å². The fraction of sp³-hybridized carbons (Fsp3) is 0.182. The third-order valence-corrected chi connectivity index (χ3v) is 4.78. The van der Waals surface area contributed by atoms with Crippen LogP contribution in [0.5, 0.6) is 0 Å². The van der Waals surface area contributed by atoms with Gasteiger partial charge in [-0.2, -0.15) is 0 Å². The van der Waals surface area contributed by atoms with Crippen LogP contribution < -0.4 is 10.2 Å². The number of methoxy groups -OCH3 is 1. The van der Waals surface area contributed by atoms with Gasteiger partial charge < -0.3 is 15.0 Å². The Balaban J connectivity index is 1.94. The highest BCUT2D eigenvalue weighted by Gasteiger charge is 2.36. The first-order valence-corrected chi connectivity index (χ1v) is 9.08. The molecule has 1 N–H and O–H groups in total. The van der Waals surface area contributed by atoms with Crippen LogP contribution in [-0.4, -0.2) is 18.0 Å². The summed E-state index contributed by atoms with van der Waals surface area (Å²) in [5, 5.41) is 2.97. The number of hydrogen-bond donors (Lipinski definition) is 1. The second kappa shape index (κ2) is 7.60. The summed E-state index contributed by atoms with van der Waals surface area (Å²) in [5.74, 6) is -0.597. The van der Waals surface area contributed by atoms with Crippen molar-refractivity contribution in [3.63, 3.8) is 0 Å². The van der Waals surface area contributed by atoms with E-state index in [-0.39, 0.29) is 24.1 Å². The number of nitrogens with zero attached hydrogens (tertiary/aromatic N) is 2. The fourth-order valence-corrected chi connectivity index (χ4v) is 3.55. The first-order valence-electron chi connectivity index (χ1n) is 9.08. The number of rotatable bonds is 4. The number of anilines is 2. The Hall–Kier alpha value is -3.32. The molecule has 1 aliphatic rings. The standard InChI is InChI=1S/C22H19F2N3O2/c1-13-11-15(12-29-2)19-21(25-13)27(18-9-7-17(24)8-10-18)20(26-22(19)28)14-3-5-16(23)6-4-14/h3-11,20H,12H2,1-2H3,(H,26,28). The molecule has 4 rings (SSSR count). The van der Waals surface area contributed by atoms with Crippen LogP contribution in [0.3, 0.4) is 0 Å². The SMILES string of the molecule is COCc1cc(C)nc2c1C(=O)NC(c1ccc(F)cc1)N2c1ccc(F)cc1. The monoisotopic (exact) mass is 395 g/mol. The fourth-order valence-electron chi connectivity index (χ4n) is 3.55. The van der Waals surface area contributed by atoms with Crippen molar-refractivity contribution in [3.8, 4) is 0 Å². The van der Waals surface area contributed by atoms with Gasteiger partial charge in [0.15, 0.2) is 0 Å². The van der Waals surface area contributed by atoms with Crippen molar-refractivity contribution in [3.05, 3.63) is 88.6 Å². The third kappa shape index (κ3) is 3.56. The number of carbonyl (C=O) groups is 1. The van der Waals surface area contributed by atoms with E-state index in [0.717, 1.165) is 5.69 Å². The first-order chi connectivity index (χ1) is 14.0. The molecule has 5 nitrogen and oxygen atoms in total. The van der Waals surface area contributed by atoms with Crippen LogP contribution in [0.15, 0.2) is 54.6 Å². The topological polar surface area (TPSA) is 54.5 Å². The van der Waals surface area contributed by atoms with E-state index in [0.29, 0.717) is 28.2 Å². The molecule has 1 unspecified atom stereocenters. The van der Waals surface area contributed by atoms with Crippen LogP contribution in [0.25, 0.3) is 0 Å². The maximum Gasteiger partial charge on any atom is 0.257 e. The van der Waals surface area contributed by atoms with Gasteiger partial charge in [-0.25, -0.2) is 13.8 Å². The smallest absolute Gasteiger partial charge is 0.257 e. The number of ether oxygens (including phenoxy) is 1. The average molecular weight is 395 g/mol. The lowest BCUT2D eigenvalue weighted by atomic mass is 10.0. The largest absolute Gasteiger partial charge is 0.380 e. The summed E-state index contributed by atoms with van der Waals surface area (Å²) >= 11 is 0. The van der Waals surface area contributed by atoms with Crippen molar-refractivity contribution < 1.29 is 18.3 Å². The van der Waals surface area contributed by atoms with E-state index >= 15 is 0 Å². The number of carbonyl (C=O) groups excluding carboxylic acids is 1. The second-order valence-corrected chi connectivity index (χ2v) is 6.83. The summed E-state index contributed by atoms with van der Waals surface area (Å²) < 4.78 is 32.3. The molecule has 0 aliphatic carbocycles. The predicted octanol–water partition coefficient (Wildman–Crippen LogP) is 4.39. The summed E-state index contributed by atoms with van der Waals surface area (Å²) in [6.07, 6.45) is -0.634. The lowest BCUT2D eigenvalue weighted by molar-refractivity contribution is 0.0923. The van der Waals surface area contributed by atoms with E-state index < -0.39 is 6.17 Å². The molecular weight excluding hydrogens is 376 g/mol. The molecule has 2 heterocycles. The molecule has 148 valence electrons. The lowest BCUT2D eigenvalue weighted by Crippen LogP contribution is -2.45. The molecule has 1 amide bonds. The molecule has 1 atom stereocenters. The maximum absolute atomic E-state index is 13.5. The van der Waals surface area contributed by atoms with Crippen LogP contribution in [0, 0.1) is 18.6 Å². The van der Waals surface area contributed by atoms with Crippen molar-refractivity contribution >= 4 is 17.4 Å². The Kier molecular flexibility index (Phi) is 4.98. The molecule has 0 radical (unpaired) electrons. The van der Waals surface area contributed by atoms with Crippen molar-refractivity contribution in [2.24, 2.45) is 0 Å². The molecule has 2 aromatic carbocycles. The van der Waals surface area contributed by atoms with E-state index in [9.17, 15) is 13.6 Å². The van der Waals surface area contributed by atoms with Crippen LogP contribution in [0.1, 0.15) is 33.3 Å². The van der Waals surface area contributed by atoms with Crippen molar-refractivity contribution in [2.45, 2.75) is 19.7 Å². The van der Waals surface area contributed by atoms with Crippen LogP contribution >= 0.6 is 0 Å². The number of benzene rings is 2. The molecule has 3 aromatic rings. The number of halogens is 2. The van der Waals surface area contributed by atoms with E-state index in [1.807, 2.05) is 17.9 Å². The van der Waals surface area contributed by atoms with Gasteiger partial charge in [0.05, 0.1) is 12.2 Å². The molecule has 0 spiro atoms. The summed E-state index contributed by atoms with van der Waals surface area (Å²) in [7, 11) is 1.56. The molecule has 1 aromatic heterocycles. The minimum absolute atomic E-state index is 0.248. The predicted molar refractivity (Wildman–Crippen MR) is 105 cm³/mol. The van der Waals surface area contributed by atoms with Gasteiger partial charge in [0.25, 0.3) is 5.91 Å². The Labute approximate surface area is 166 Å². The van der Waals surface area contributed by atoms with E-state index in [4.69, 9.17) is 4.74 Å². The molecule has 0 saturated heterocycles. The highest BCUT2D eigenvalue weighted by Crippen LogP contribution is 2.39. The Morgan fingerprint density at radius 3 is 2.31 bits per heavy atom. The molecule has 7 heteroatoms. The molecule has 0 fully saturated rings. The minimum Gasteiger partial charge on any atom is -0.380 e. The highest BCUT2D eigenvalue weighted by atomic mass is 19.1. The quantitative estimate of drug-likeness (QED) is 0.712. The van der Waals surface area contributed by atoms with Gasteiger partial charge in [-0.3, -0.25) is 4.79 Å². The molecule has 29 heavy (non-hydrogen) atoms. The zero-order valence-corrected chi connectivity index (χ0v) is 15.9. The van der Waals surface area contributed by atoms with Gasteiger partial charge in [-0.1, -0.05) is 12.1 Å². The number of hydrogen-bond acceptors (Lipinski definition) is 4. The van der Waals surface area contributed by atoms with E-state index in [2.05, 4.69) is 10.3 Å². The first kappa shape index (κ1) is 19.0. The van der Waals surface area contributed by atoms with Gasteiger partial charge in [0.1, 0.15) is 23.6 Å². The highest BCUT2D eigenvalue weighted by molar-refractivity contribution is 6.03. The van der Waals surface area contributed by atoms with Crippen molar-refractivity contribution in [2.75, 3.05) is 12.0 Å². The number of aryl methyl sites for hydroxylation is 1. The summed E-state index contributed by atoms with van der Waals surface area (Å²) in [6, 6.07) is 13.6. The van der Waals surface area contributed by atoms with Crippen molar-refractivity contribution in [1.82, 2.24) is 10.3 Å². The number of nitrogens with one attached hydrogen (secondary N) is 1. The Bertz CT molecular complexity index is 1050. The molecule has 0 saturated carbocycles. The number of fused-ring (bicyclic) bond motifs is 1. The summed E-state index contributed by atoms with van der Waals surface area (Å²) in [4.78, 5) is 19.4. The average Bonchev–Trinajstić information content (AvgIpc) is 2.69. The Morgan fingerprint density at radius 2 is 1.69 bits per heavy atom. The van der Waals surface area contributed by atoms with Gasteiger partial charge in [0.2, 0.25) is 0 Å². The number of amides is 1. The van der Waals surface area contributed by atoms with Crippen LogP contribution in [-0.2, 0) is 11.3 Å². The van der Waals surface area contributed by atoms with Crippen molar-refractivity contribution in [1.29, 1.82) is 0 Å². The second-order valence-electron chi connectivity index (χ2n) is 6.83. The minimum atomic E-state index is -0.634. The maximum atomic E-state index is 13.5. The van der Waals surface area contributed by atoms with E-state index in [1.54, 1.807) is 31.4 Å². The van der Waals surface area contributed by atoms with Gasteiger partial charge in [0, 0.05) is 18.5 Å². The molecular formula is C22H19F2N3O2. The number of aromatic nitrogens is 1. The third-order valence-electron chi connectivity index (χ3n) is 4.78. The van der Waals surface area contributed by atoms with E-state index in [1.165, 1.54) is 24.3 Å². The van der Waals surface area contributed by atoms with Crippen LogP contribution in [0.4, 0.5) is 20.3 Å². The summed E-state index contributed by atoms with van der Waals surface area (Å²) in [5.41, 5.74) is 3.14. The number of pyridine rings is 1. The summed E-state index contributed by atoms with van der Waals surface area (Å²) in [6.45, 7) is 2.08. The van der Waals surface area contributed by atoms with Gasteiger partial charge in [-0.05, 0) is 60.5 Å². The molecule has 1 aliphatic heterocycles. The zero-order valence-electron chi connectivity index (χ0n) is 15.9.